The summed E-state index contributed by atoms with van der Waals surface area (Å²) in [6.45, 7) is 2.48. The average Bonchev–Trinajstić information content (AvgIpc) is 2.92. The molecule has 1 N–H and O–H groups in total. The van der Waals surface area contributed by atoms with Gasteiger partial charge in [0.25, 0.3) is 5.91 Å². The first kappa shape index (κ1) is 15.9. The van der Waals surface area contributed by atoms with Crippen molar-refractivity contribution in [3.63, 3.8) is 0 Å². The Morgan fingerprint density at radius 3 is 2.52 bits per heavy atom. The Hall–Kier alpha value is -1.49. The summed E-state index contributed by atoms with van der Waals surface area (Å²) in [6.07, 6.45) is 4.54. The highest BCUT2D eigenvalue weighted by atomic mass is 32.2. The van der Waals surface area contributed by atoms with Gasteiger partial charge in [-0.3, -0.25) is 4.79 Å². The molecule has 1 fully saturated rings. The molecule has 4 nitrogen and oxygen atoms in total. The highest BCUT2D eigenvalue weighted by Crippen LogP contribution is 2.35. The molecule has 1 unspecified atom stereocenters. The zero-order chi connectivity index (χ0) is 15.5. The molecular formula is C16H21NO3S. The van der Waals surface area contributed by atoms with Crippen molar-refractivity contribution in [1.29, 1.82) is 0 Å². The molecule has 0 spiro atoms. The van der Waals surface area contributed by atoms with Crippen LogP contribution in [0.25, 0.3) is 0 Å². The molecule has 5 heteroatoms. The van der Waals surface area contributed by atoms with Crippen LogP contribution in [0.5, 0.6) is 0 Å². The van der Waals surface area contributed by atoms with Gasteiger partial charge in [0, 0.05) is 17.0 Å². The number of rotatable bonds is 5. The van der Waals surface area contributed by atoms with Gasteiger partial charge in [0.05, 0.1) is 0 Å². The quantitative estimate of drug-likeness (QED) is 0.848. The fraction of sp³-hybridized carbons (Fsp3) is 0.500. The standard InChI is InChI=1S/C16H21NO3S/c1-3-9-16(15(19)20)10-4-11-17(16)14(18)12-5-7-13(21-2)8-6-12/h5-8H,3-4,9-11H2,1-2H3,(H,19,20). The lowest BCUT2D eigenvalue weighted by atomic mass is 9.90. The first-order chi connectivity index (χ1) is 10.0. The number of likely N-dealkylation sites (tertiary alicyclic amines) is 1. The Morgan fingerprint density at radius 2 is 2.00 bits per heavy atom. The third kappa shape index (κ3) is 2.93. The topological polar surface area (TPSA) is 57.6 Å². The van der Waals surface area contributed by atoms with Crippen LogP contribution in [0.2, 0.25) is 0 Å². The van der Waals surface area contributed by atoms with Crippen LogP contribution < -0.4 is 0 Å². The molecule has 1 atom stereocenters. The van der Waals surface area contributed by atoms with E-state index in [1.165, 1.54) is 0 Å². The predicted molar refractivity (Wildman–Crippen MR) is 83.8 cm³/mol. The normalized spacial score (nSPS) is 21.5. The van der Waals surface area contributed by atoms with Gasteiger partial charge >= 0.3 is 5.97 Å². The summed E-state index contributed by atoms with van der Waals surface area (Å²) in [5.41, 5.74) is -0.458. The van der Waals surface area contributed by atoms with E-state index in [2.05, 4.69) is 0 Å². The van der Waals surface area contributed by atoms with Crippen molar-refractivity contribution in [1.82, 2.24) is 4.90 Å². The van der Waals surface area contributed by atoms with Crippen LogP contribution in [0.15, 0.2) is 29.2 Å². The number of amides is 1. The minimum absolute atomic E-state index is 0.170. The molecule has 1 aliphatic rings. The smallest absolute Gasteiger partial charge is 0.329 e. The molecule has 0 aliphatic carbocycles. The number of carboxylic acid groups (broad SMARTS) is 1. The molecule has 1 aromatic rings. The van der Waals surface area contributed by atoms with Gasteiger partial charge in [-0.15, -0.1) is 11.8 Å². The number of hydrogen-bond donors (Lipinski definition) is 1. The van der Waals surface area contributed by atoms with Gasteiger partial charge in [-0.1, -0.05) is 13.3 Å². The molecule has 21 heavy (non-hydrogen) atoms. The van der Waals surface area contributed by atoms with E-state index in [1.807, 2.05) is 25.3 Å². The molecule has 114 valence electrons. The number of benzene rings is 1. The molecule has 1 aromatic carbocycles. The maximum Gasteiger partial charge on any atom is 0.329 e. The van der Waals surface area contributed by atoms with Crippen LogP contribution >= 0.6 is 11.8 Å². The minimum Gasteiger partial charge on any atom is -0.479 e. The summed E-state index contributed by atoms with van der Waals surface area (Å²) in [4.78, 5) is 27.1. The van der Waals surface area contributed by atoms with Crippen molar-refractivity contribution >= 4 is 23.6 Å². The van der Waals surface area contributed by atoms with Gasteiger partial charge in [-0.2, -0.15) is 0 Å². The molecule has 1 saturated heterocycles. The lowest BCUT2D eigenvalue weighted by molar-refractivity contribution is -0.148. The molecule has 0 saturated carbocycles. The van der Waals surface area contributed by atoms with Crippen molar-refractivity contribution in [3.05, 3.63) is 29.8 Å². The van der Waals surface area contributed by atoms with Crippen LogP contribution in [-0.4, -0.2) is 40.2 Å². The Balaban J connectivity index is 2.29. The SMILES string of the molecule is CCCC1(C(=O)O)CCCN1C(=O)c1ccc(SC)cc1. The molecule has 0 aromatic heterocycles. The van der Waals surface area contributed by atoms with Crippen molar-refractivity contribution < 1.29 is 14.7 Å². The minimum atomic E-state index is -1.02. The van der Waals surface area contributed by atoms with E-state index in [0.29, 0.717) is 24.9 Å². The summed E-state index contributed by atoms with van der Waals surface area (Å²) >= 11 is 1.62. The third-order valence-corrected chi connectivity index (χ3v) is 4.88. The highest BCUT2D eigenvalue weighted by Gasteiger charge is 2.49. The monoisotopic (exact) mass is 307 g/mol. The zero-order valence-electron chi connectivity index (χ0n) is 12.5. The first-order valence-corrected chi connectivity index (χ1v) is 8.47. The van der Waals surface area contributed by atoms with Crippen molar-refractivity contribution in [2.45, 2.75) is 43.0 Å². The van der Waals surface area contributed by atoms with Gasteiger partial charge in [-0.05, 0) is 49.8 Å². The maximum atomic E-state index is 12.7. The summed E-state index contributed by atoms with van der Waals surface area (Å²) in [5, 5.41) is 9.65. The summed E-state index contributed by atoms with van der Waals surface area (Å²) in [6, 6.07) is 7.36. The number of nitrogens with zero attached hydrogens (tertiary/aromatic N) is 1. The number of carbonyl (C=O) groups is 2. The molecule has 1 aliphatic heterocycles. The van der Waals surface area contributed by atoms with E-state index in [4.69, 9.17) is 0 Å². The largest absolute Gasteiger partial charge is 0.479 e. The van der Waals surface area contributed by atoms with Gasteiger partial charge < -0.3 is 10.0 Å². The molecule has 0 bridgehead atoms. The van der Waals surface area contributed by atoms with E-state index in [9.17, 15) is 14.7 Å². The third-order valence-electron chi connectivity index (χ3n) is 4.13. The van der Waals surface area contributed by atoms with Gasteiger partial charge in [-0.25, -0.2) is 4.79 Å². The lowest BCUT2D eigenvalue weighted by Gasteiger charge is -2.34. The van der Waals surface area contributed by atoms with E-state index >= 15 is 0 Å². The lowest BCUT2D eigenvalue weighted by Crippen LogP contribution is -2.53. The highest BCUT2D eigenvalue weighted by molar-refractivity contribution is 7.98. The second-order valence-electron chi connectivity index (χ2n) is 5.38. The average molecular weight is 307 g/mol. The Kier molecular flexibility index (Phi) is 4.93. The number of thioether (sulfide) groups is 1. The Labute approximate surface area is 129 Å². The van der Waals surface area contributed by atoms with E-state index in [-0.39, 0.29) is 5.91 Å². The van der Waals surface area contributed by atoms with Crippen molar-refractivity contribution in [2.24, 2.45) is 0 Å². The molecule has 1 amide bonds. The van der Waals surface area contributed by atoms with Gasteiger partial charge in [0.15, 0.2) is 0 Å². The van der Waals surface area contributed by atoms with Gasteiger partial charge in [0.1, 0.15) is 5.54 Å². The van der Waals surface area contributed by atoms with E-state index in [0.717, 1.165) is 17.7 Å². The number of hydrogen-bond acceptors (Lipinski definition) is 3. The van der Waals surface area contributed by atoms with Crippen LogP contribution in [0.3, 0.4) is 0 Å². The maximum absolute atomic E-state index is 12.7. The van der Waals surface area contributed by atoms with E-state index < -0.39 is 11.5 Å². The second kappa shape index (κ2) is 6.52. The number of aliphatic carboxylic acids is 1. The predicted octanol–water partition coefficient (Wildman–Crippen LogP) is 3.27. The number of carbonyl (C=O) groups excluding carboxylic acids is 1. The van der Waals surface area contributed by atoms with Crippen molar-refractivity contribution in [3.8, 4) is 0 Å². The van der Waals surface area contributed by atoms with Crippen LogP contribution in [0.1, 0.15) is 43.0 Å². The van der Waals surface area contributed by atoms with Crippen LogP contribution in [0, 0.1) is 0 Å². The molecular weight excluding hydrogens is 286 g/mol. The second-order valence-corrected chi connectivity index (χ2v) is 6.26. The Morgan fingerprint density at radius 1 is 1.33 bits per heavy atom. The Bertz CT molecular complexity index is 529. The fourth-order valence-electron chi connectivity index (χ4n) is 3.07. The van der Waals surface area contributed by atoms with Crippen LogP contribution in [-0.2, 0) is 4.79 Å². The number of carboxylic acids is 1. The molecule has 1 heterocycles. The zero-order valence-corrected chi connectivity index (χ0v) is 13.3. The van der Waals surface area contributed by atoms with Crippen molar-refractivity contribution in [2.75, 3.05) is 12.8 Å². The first-order valence-electron chi connectivity index (χ1n) is 7.24. The summed E-state index contributed by atoms with van der Waals surface area (Å²) in [7, 11) is 0. The van der Waals surface area contributed by atoms with Gasteiger partial charge in [0.2, 0.25) is 0 Å². The molecule has 0 radical (unpaired) electrons. The van der Waals surface area contributed by atoms with Crippen LogP contribution in [0.4, 0.5) is 0 Å². The summed E-state index contributed by atoms with van der Waals surface area (Å²) in [5.74, 6) is -1.05. The summed E-state index contributed by atoms with van der Waals surface area (Å²) < 4.78 is 0. The fourth-order valence-corrected chi connectivity index (χ4v) is 3.48. The molecule has 2 rings (SSSR count). The van der Waals surface area contributed by atoms with E-state index in [1.54, 1.807) is 28.8 Å².